The number of carbonyl (C=O) groups excluding carboxylic acids is 1. The zero-order chi connectivity index (χ0) is 21.0. The number of hydrogen-bond donors (Lipinski definition) is 2. The second-order valence-corrected chi connectivity index (χ2v) is 9.79. The van der Waals surface area contributed by atoms with E-state index >= 15 is 0 Å². The van der Waals surface area contributed by atoms with Crippen molar-refractivity contribution in [3.05, 3.63) is 59.2 Å². The van der Waals surface area contributed by atoms with E-state index in [0.717, 1.165) is 11.1 Å². The number of rotatable bonds is 8. The Labute approximate surface area is 174 Å². The Balaban J connectivity index is 1.65. The summed E-state index contributed by atoms with van der Waals surface area (Å²) in [6, 6.07) is 12.5. The van der Waals surface area contributed by atoms with Crippen molar-refractivity contribution in [1.29, 1.82) is 0 Å². The molecule has 1 aliphatic rings. The quantitative estimate of drug-likeness (QED) is 0.619. The van der Waals surface area contributed by atoms with Crippen molar-refractivity contribution in [3.8, 4) is 0 Å². The number of amides is 1. The molecule has 154 valence electrons. The smallest absolute Gasteiger partial charge is 0.304 e. The Morgan fingerprint density at radius 1 is 1.21 bits per heavy atom. The average Bonchev–Trinajstić information content (AvgIpc) is 3.09. The SMILES string of the molecule is CS(=O)(=O)N1CCc2cc(C(=O)Nc3cccc(CSCCC(=O)O)c3)ccc21. The summed E-state index contributed by atoms with van der Waals surface area (Å²) in [5.74, 6) is 0.122. The minimum Gasteiger partial charge on any atom is -0.481 e. The number of carboxylic acids is 1. The first kappa shape index (κ1) is 21.2. The van der Waals surface area contributed by atoms with Gasteiger partial charge in [-0.25, -0.2) is 8.42 Å². The summed E-state index contributed by atoms with van der Waals surface area (Å²) in [6.07, 6.45) is 1.87. The lowest BCUT2D eigenvalue weighted by atomic mass is 10.1. The van der Waals surface area contributed by atoms with Crippen LogP contribution in [0.5, 0.6) is 0 Å². The first-order valence-electron chi connectivity index (χ1n) is 9.04. The first-order chi connectivity index (χ1) is 13.7. The molecular weight excluding hydrogens is 412 g/mol. The van der Waals surface area contributed by atoms with Gasteiger partial charge in [-0.1, -0.05) is 12.1 Å². The van der Waals surface area contributed by atoms with Crippen molar-refractivity contribution in [2.45, 2.75) is 18.6 Å². The maximum Gasteiger partial charge on any atom is 0.304 e. The van der Waals surface area contributed by atoms with E-state index in [1.807, 2.05) is 18.2 Å². The predicted molar refractivity (Wildman–Crippen MR) is 115 cm³/mol. The van der Waals surface area contributed by atoms with Crippen LogP contribution in [0, 0.1) is 0 Å². The number of aliphatic carboxylic acids is 1. The minimum absolute atomic E-state index is 0.121. The zero-order valence-corrected chi connectivity index (χ0v) is 17.6. The number of anilines is 2. The number of nitrogens with zero attached hydrogens (tertiary/aromatic N) is 1. The molecule has 0 radical (unpaired) electrons. The molecule has 2 aromatic carbocycles. The lowest BCUT2D eigenvalue weighted by molar-refractivity contribution is -0.136. The molecule has 0 saturated carbocycles. The van der Waals surface area contributed by atoms with E-state index in [9.17, 15) is 18.0 Å². The van der Waals surface area contributed by atoms with Gasteiger partial charge in [-0.15, -0.1) is 0 Å². The van der Waals surface area contributed by atoms with Crippen LogP contribution in [0.25, 0.3) is 0 Å². The number of benzene rings is 2. The molecular formula is C20H22N2O5S2. The number of carboxylic acid groups (broad SMARTS) is 1. The molecule has 0 atom stereocenters. The molecule has 3 rings (SSSR count). The molecule has 2 aromatic rings. The van der Waals surface area contributed by atoms with Crippen LogP contribution in [0.3, 0.4) is 0 Å². The zero-order valence-electron chi connectivity index (χ0n) is 15.9. The summed E-state index contributed by atoms with van der Waals surface area (Å²) in [7, 11) is -3.32. The second kappa shape index (κ2) is 8.87. The van der Waals surface area contributed by atoms with Gasteiger partial charge in [0.15, 0.2) is 0 Å². The van der Waals surface area contributed by atoms with Crippen LogP contribution >= 0.6 is 11.8 Å². The molecule has 1 amide bonds. The Kier molecular flexibility index (Phi) is 6.49. The highest BCUT2D eigenvalue weighted by molar-refractivity contribution is 7.98. The van der Waals surface area contributed by atoms with E-state index in [1.165, 1.54) is 22.3 Å². The van der Waals surface area contributed by atoms with Gasteiger partial charge < -0.3 is 10.4 Å². The van der Waals surface area contributed by atoms with Crippen LogP contribution in [0.15, 0.2) is 42.5 Å². The average molecular weight is 435 g/mol. The highest BCUT2D eigenvalue weighted by Gasteiger charge is 2.26. The van der Waals surface area contributed by atoms with Crippen molar-refractivity contribution in [1.82, 2.24) is 0 Å². The van der Waals surface area contributed by atoms with Crippen LogP contribution in [0.2, 0.25) is 0 Å². The molecule has 2 N–H and O–H groups in total. The standard InChI is InChI=1S/C20H22N2O5S2/c1-29(26,27)22-9-7-15-12-16(5-6-18(15)22)20(25)21-17-4-2-3-14(11-17)13-28-10-8-19(23)24/h2-6,11-12H,7-10,13H2,1H3,(H,21,25)(H,23,24). The molecule has 0 spiro atoms. The lowest BCUT2D eigenvalue weighted by Gasteiger charge is -2.16. The first-order valence-corrected chi connectivity index (χ1v) is 12.0. The van der Waals surface area contributed by atoms with E-state index < -0.39 is 16.0 Å². The summed E-state index contributed by atoms with van der Waals surface area (Å²) in [5, 5.41) is 11.5. The molecule has 0 aliphatic carbocycles. The Hall–Kier alpha value is -2.52. The number of carbonyl (C=O) groups is 2. The van der Waals surface area contributed by atoms with Gasteiger partial charge in [-0.3, -0.25) is 13.9 Å². The minimum atomic E-state index is -3.32. The lowest BCUT2D eigenvalue weighted by Crippen LogP contribution is -2.27. The fraction of sp³-hybridized carbons (Fsp3) is 0.300. The highest BCUT2D eigenvalue weighted by Crippen LogP contribution is 2.31. The summed E-state index contributed by atoms with van der Waals surface area (Å²) >= 11 is 1.53. The molecule has 29 heavy (non-hydrogen) atoms. The van der Waals surface area contributed by atoms with Gasteiger partial charge in [0.05, 0.1) is 18.4 Å². The summed E-state index contributed by atoms with van der Waals surface area (Å²) in [6.45, 7) is 0.390. The van der Waals surface area contributed by atoms with Crippen LogP contribution in [0.1, 0.15) is 27.9 Å². The second-order valence-electron chi connectivity index (χ2n) is 6.78. The van der Waals surface area contributed by atoms with Crippen molar-refractivity contribution in [2.75, 3.05) is 28.2 Å². The fourth-order valence-corrected chi connectivity index (χ4v) is 4.99. The number of sulfonamides is 1. The van der Waals surface area contributed by atoms with Gasteiger partial charge in [-0.05, 0) is 47.9 Å². The van der Waals surface area contributed by atoms with E-state index in [2.05, 4.69) is 5.32 Å². The number of hydrogen-bond acceptors (Lipinski definition) is 5. The number of fused-ring (bicyclic) bond motifs is 1. The monoisotopic (exact) mass is 434 g/mol. The van der Waals surface area contributed by atoms with Gasteiger partial charge in [0.25, 0.3) is 5.91 Å². The van der Waals surface area contributed by atoms with Gasteiger partial charge in [0.2, 0.25) is 10.0 Å². The largest absolute Gasteiger partial charge is 0.481 e. The summed E-state index contributed by atoms with van der Waals surface area (Å²) in [4.78, 5) is 23.2. The van der Waals surface area contributed by atoms with Crippen LogP contribution in [-0.4, -0.2) is 44.0 Å². The predicted octanol–water partition coefficient (Wildman–Crippen LogP) is 2.97. The topological polar surface area (TPSA) is 104 Å². The van der Waals surface area contributed by atoms with Gasteiger partial charge in [0.1, 0.15) is 0 Å². The van der Waals surface area contributed by atoms with Gasteiger partial charge in [-0.2, -0.15) is 11.8 Å². The molecule has 1 heterocycles. The van der Waals surface area contributed by atoms with Crippen molar-refractivity contribution in [3.63, 3.8) is 0 Å². The fourth-order valence-electron chi connectivity index (χ4n) is 3.15. The van der Waals surface area contributed by atoms with Gasteiger partial charge >= 0.3 is 5.97 Å². The molecule has 9 heteroatoms. The molecule has 1 aliphatic heterocycles. The third-order valence-electron chi connectivity index (χ3n) is 4.51. The molecule has 0 aromatic heterocycles. The Bertz CT molecular complexity index is 1040. The maximum atomic E-state index is 12.6. The highest BCUT2D eigenvalue weighted by atomic mass is 32.2. The van der Waals surface area contributed by atoms with Crippen molar-refractivity contribution in [2.24, 2.45) is 0 Å². The van der Waals surface area contributed by atoms with E-state index in [1.54, 1.807) is 24.3 Å². The van der Waals surface area contributed by atoms with Crippen LogP contribution < -0.4 is 9.62 Å². The molecule has 0 bridgehead atoms. The molecule has 0 unspecified atom stereocenters. The van der Waals surface area contributed by atoms with E-state index in [-0.39, 0.29) is 12.3 Å². The summed E-state index contributed by atoms with van der Waals surface area (Å²) in [5.41, 5.74) is 3.59. The number of nitrogens with one attached hydrogen (secondary N) is 1. The Morgan fingerprint density at radius 3 is 2.72 bits per heavy atom. The van der Waals surface area contributed by atoms with E-state index in [0.29, 0.717) is 41.4 Å². The third kappa shape index (κ3) is 5.51. The molecule has 7 nitrogen and oxygen atoms in total. The maximum absolute atomic E-state index is 12.6. The normalized spacial score (nSPS) is 13.2. The van der Waals surface area contributed by atoms with Gasteiger partial charge in [0, 0.05) is 29.3 Å². The van der Waals surface area contributed by atoms with Crippen molar-refractivity contribution < 1.29 is 23.1 Å². The van der Waals surface area contributed by atoms with Crippen molar-refractivity contribution >= 4 is 45.0 Å². The van der Waals surface area contributed by atoms with Crippen LogP contribution in [0.4, 0.5) is 11.4 Å². The third-order valence-corrected chi connectivity index (χ3v) is 6.72. The molecule has 0 saturated heterocycles. The Morgan fingerprint density at radius 2 is 2.00 bits per heavy atom. The molecule has 0 fully saturated rings. The van der Waals surface area contributed by atoms with Crippen LogP contribution in [-0.2, 0) is 27.0 Å². The number of thioether (sulfide) groups is 1. The summed E-state index contributed by atoms with van der Waals surface area (Å²) < 4.78 is 25.0. The van der Waals surface area contributed by atoms with E-state index in [4.69, 9.17) is 5.11 Å².